The molecule has 0 bridgehead atoms. The zero-order chi connectivity index (χ0) is 19.1. The molecule has 26 heavy (non-hydrogen) atoms. The molecule has 2 heterocycles. The fourth-order valence-corrected chi connectivity index (χ4v) is 5.45. The van der Waals surface area contributed by atoms with Crippen molar-refractivity contribution < 1.29 is 22.4 Å². The summed E-state index contributed by atoms with van der Waals surface area (Å²) in [4.78, 5) is 28.2. The monoisotopic (exact) mass is 382 g/mol. The quantitative estimate of drug-likeness (QED) is 0.789. The van der Waals surface area contributed by atoms with Crippen LogP contribution in [0, 0.1) is 11.7 Å². The normalized spacial score (nSPS) is 26.1. The second kappa shape index (κ2) is 6.98. The summed E-state index contributed by atoms with van der Waals surface area (Å²) in [6.45, 7) is 2.11. The summed E-state index contributed by atoms with van der Waals surface area (Å²) in [5, 5.41) is 0. The van der Waals surface area contributed by atoms with E-state index in [1.54, 1.807) is 29.0 Å². The number of hydrogen-bond acceptors (Lipinski definition) is 4. The third-order valence-electron chi connectivity index (χ3n) is 5.44. The van der Waals surface area contributed by atoms with Crippen molar-refractivity contribution in [2.45, 2.75) is 31.8 Å². The molecule has 0 spiro atoms. The minimum absolute atomic E-state index is 0.0124. The highest BCUT2D eigenvalue weighted by atomic mass is 32.2. The Hall–Kier alpha value is -1.96. The number of carbonyl (C=O) groups is 2. The van der Waals surface area contributed by atoms with Crippen LogP contribution in [-0.4, -0.2) is 61.2 Å². The average molecular weight is 382 g/mol. The Morgan fingerprint density at radius 2 is 1.96 bits per heavy atom. The molecule has 1 aromatic carbocycles. The standard InChI is InChI=1S/C18H23FN2O4S/c1-12(13-3-5-15(19)6-4-13)20(2)18(23)14-9-17(22)21(10-14)16-7-8-26(24,25)11-16/h3-6,12,14,16H,7-11H2,1-2H3/t12-,14+,16+/m1/s1. The first-order valence-electron chi connectivity index (χ1n) is 8.70. The highest BCUT2D eigenvalue weighted by molar-refractivity contribution is 7.91. The van der Waals surface area contributed by atoms with Gasteiger partial charge in [0.15, 0.2) is 9.84 Å². The number of carbonyl (C=O) groups excluding carboxylic acids is 2. The number of sulfone groups is 1. The summed E-state index contributed by atoms with van der Waals surface area (Å²) < 4.78 is 36.4. The summed E-state index contributed by atoms with van der Waals surface area (Å²) in [6.07, 6.45) is 0.548. The van der Waals surface area contributed by atoms with Gasteiger partial charge in [0.25, 0.3) is 0 Å². The molecule has 8 heteroatoms. The molecule has 0 aromatic heterocycles. The highest BCUT2D eigenvalue weighted by Crippen LogP contribution is 2.29. The van der Waals surface area contributed by atoms with Crippen LogP contribution in [-0.2, 0) is 19.4 Å². The highest BCUT2D eigenvalue weighted by Gasteiger charge is 2.42. The maximum absolute atomic E-state index is 13.1. The molecule has 2 amide bonds. The molecule has 2 fully saturated rings. The number of likely N-dealkylation sites (tertiary alicyclic amines) is 1. The summed E-state index contributed by atoms with van der Waals surface area (Å²) in [5.74, 6) is -1.03. The van der Waals surface area contributed by atoms with Gasteiger partial charge in [0.2, 0.25) is 11.8 Å². The van der Waals surface area contributed by atoms with Gasteiger partial charge in [-0.2, -0.15) is 0 Å². The van der Waals surface area contributed by atoms with Crippen LogP contribution in [0.25, 0.3) is 0 Å². The SMILES string of the molecule is C[C@H](c1ccc(F)cc1)N(C)C(=O)[C@H]1CC(=O)N([C@H]2CCS(=O)(=O)C2)C1. The van der Waals surface area contributed by atoms with Gasteiger partial charge in [-0.05, 0) is 31.0 Å². The largest absolute Gasteiger partial charge is 0.339 e. The lowest BCUT2D eigenvalue weighted by Crippen LogP contribution is -2.39. The molecule has 6 nitrogen and oxygen atoms in total. The predicted molar refractivity (Wildman–Crippen MR) is 94.5 cm³/mol. The summed E-state index contributed by atoms with van der Waals surface area (Å²) in [6, 6.07) is 5.42. The molecule has 2 aliphatic heterocycles. The van der Waals surface area contributed by atoms with E-state index in [0.29, 0.717) is 6.42 Å². The van der Waals surface area contributed by atoms with Crippen LogP contribution in [0.4, 0.5) is 4.39 Å². The molecule has 2 aliphatic rings. The van der Waals surface area contributed by atoms with E-state index < -0.39 is 15.8 Å². The van der Waals surface area contributed by atoms with Crippen molar-refractivity contribution in [3.8, 4) is 0 Å². The molecule has 0 unspecified atom stereocenters. The minimum atomic E-state index is -3.08. The van der Waals surface area contributed by atoms with Crippen molar-refractivity contribution in [2.24, 2.45) is 5.92 Å². The third-order valence-corrected chi connectivity index (χ3v) is 7.19. The first kappa shape index (κ1) is 18.8. The summed E-state index contributed by atoms with van der Waals surface area (Å²) in [7, 11) is -1.41. The Labute approximate surface area is 152 Å². The Bertz CT molecular complexity index is 809. The van der Waals surface area contributed by atoms with Crippen molar-refractivity contribution in [3.63, 3.8) is 0 Å². The van der Waals surface area contributed by atoms with E-state index in [1.807, 2.05) is 6.92 Å². The molecule has 0 saturated carbocycles. The number of nitrogens with zero attached hydrogens (tertiary/aromatic N) is 2. The number of hydrogen-bond donors (Lipinski definition) is 0. The molecule has 0 N–H and O–H groups in total. The number of halogens is 1. The lowest BCUT2D eigenvalue weighted by atomic mass is 10.0. The van der Waals surface area contributed by atoms with E-state index in [9.17, 15) is 22.4 Å². The minimum Gasteiger partial charge on any atom is -0.339 e. The zero-order valence-corrected chi connectivity index (χ0v) is 15.7. The van der Waals surface area contributed by atoms with Crippen LogP contribution in [0.2, 0.25) is 0 Å². The van der Waals surface area contributed by atoms with E-state index in [1.165, 1.54) is 12.1 Å². The van der Waals surface area contributed by atoms with Gasteiger partial charge in [0.1, 0.15) is 5.82 Å². The molecule has 2 saturated heterocycles. The van der Waals surface area contributed by atoms with Gasteiger partial charge in [-0.15, -0.1) is 0 Å². The first-order chi connectivity index (χ1) is 12.2. The van der Waals surface area contributed by atoms with Gasteiger partial charge in [0, 0.05) is 26.1 Å². The maximum atomic E-state index is 13.1. The lowest BCUT2D eigenvalue weighted by Gasteiger charge is -2.28. The van der Waals surface area contributed by atoms with Gasteiger partial charge in [-0.3, -0.25) is 9.59 Å². The lowest BCUT2D eigenvalue weighted by molar-refractivity contribution is -0.136. The van der Waals surface area contributed by atoms with Gasteiger partial charge >= 0.3 is 0 Å². The van der Waals surface area contributed by atoms with E-state index >= 15 is 0 Å². The average Bonchev–Trinajstić information content (AvgIpc) is 3.15. The Balaban J connectivity index is 1.66. The van der Waals surface area contributed by atoms with E-state index in [4.69, 9.17) is 0 Å². The van der Waals surface area contributed by atoms with Gasteiger partial charge < -0.3 is 9.80 Å². The van der Waals surface area contributed by atoms with E-state index in [-0.39, 0.29) is 54.2 Å². The number of amides is 2. The maximum Gasteiger partial charge on any atom is 0.228 e. The summed E-state index contributed by atoms with van der Waals surface area (Å²) >= 11 is 0. The fraction of sp³-hybridized carbons (Fsp3) is 0.556. The second-order valence-corrected chi connectivity index (χ2v) is 9.41. The van der Waals surface area contributed by atoms with Crippen LogP contribution in [0.1, 0.15) is 31.4 Å². The Morgan fingerprint density at radius 1 is 1.31 bits per heavy atom. The smallest absolute Gasteiger partial charge is 0.228 e. The molecular weight excluding hydrogens is 359 g/mol. The van der Waals surface area contributed by atoms with Crippen LogP contribution >= 0.6 is 0 Å². The predicted octanol–water partition coefficient (Wildman–Crippen LogP) is 1.38. The molecule has 142 valence electrons. The Morgan fingerprint density at radius 3 is 2.54 bits per heavy atom. The Kier molecular flexibility index (Phi) is 5.05. The van der Waals surface area contributed by atoms with E-state index in [0.717, 1.165) is 5.56 Å². The zero-order valence-electron chi connectivity index (χ0n) is 14.9. The van der Waals surface area contributed by atoms with Crippen molar-refractivity contribution in [3.05, 3.63) is 35.6 Å². The van der Waals surface area contributed by atoms with E-state index in [2.05, 4.69) is 0 Å². The molecule has 0 radical (unpaired) electrons. The second-order valence-electron chi connectivity index (χ2n) is 7.18. The van der Waals surface area contributed by atoms with Crippen molar-refractivity contribution in [2.75, 3.05) is 25.1 Å². The fourth-order valence-electron chi connectivity index (χ4n) is 3.71. The molecule has 1 aromatic rings. The molecule has 0 aliphatic carbocycles. The topological polar surface area (TPSA) is 74.8 Å². The first-order valence-corrected chi connectivity index (χ1v) is 10.5. The van der Waals surface area contributed by atoms with Crippen molar-refractivity contribution >= 4 is 21.7 Å². The molecule has 3 atom stereocenters. The van der Waals surface area contributed by atoms with Crippen LogP contribution in [0.5, 0.6) is 0 Å². The van der Waals surface area contributed by atoms with Gasteiger partial charge in [-0.25, -0.2) is 12.8 Å². The summed E-state index contributed by atoms with van der Waals surface area (Å²) in [5.41, 5.74) is 0.810. The van der Waals surface area contributed by atoms with Crippen LogP contribution in [0.15, 0.2) is 24.3 Å². The number of rotatable bonds is 4. The molecule has 3 rings (SSSR count). The molecular formula is C18H23FN2O4S. The van der Waals surface area contributed by atoms with Gasteiger partial charge in [0.05, 0.1) is 23.5 Å². The van der Waals surface area contributed by atoms with Crippen molar-refractivity contribution in [1.29, 1.82) is 0 Å². The van der Waals surface area contributed by atoms with Crippen LogP contribution in [0.3, 0.4) is 0 Å². The third kappa shape index (κ3) is 3.75. The van der Waals surface area contributed by atoms with Crippen molar-refractivity contribution in [1.82, 2.24) is 9.80 Å². The van der Waals surface area contributed by atoms with Gasteiger partial charge in [-0.1, -0.05) is 12.1 Å². The van der Waals surface area contributed by atoms with Crippen LogP contribution < -0.4 is 0 Å². The number of benzene rings is 1.